The van der Waals surface area contributed by atoms with E-state index >= 15 is 0 Å². The smallest absolute Gasteiger partial charge is 0.349 e. The lowest BCUT2D eigenvalue weighted by Gasteiger charge is -2.09. The summed E-state index contributed by atoms with van der Waals surface area (Å²) in [5.74, 6) is 0.758. The molecule has 0 aliphatic heterocycles. The highest BCUT2D eigenvalue weighted by Gasteiger charge is 2.06. The highest BCUT2D eigenvalue weighted by atomic mass is 127. The van der Waals surface area contributed by atoms with Crippen LogP contribution in [-0.4, -0.2) is 15.9 Å². The molecule has 4 rings (SSSR count). The van der Waals surface area contributed by atoms with Gasteiger partial charge in [-0.2, -0.15) is 5.10 Å². The molecule has 7 heteroatoms. The summed E-state index contributed by atoms with van der Waals surface area (Å²) in [6.07, 6.45) is 1.48. The van der Waals surface area contributed by atoms with Crippen molar-refractivity contribution in [2.45, 2.75) is 13.5 Å². The highest BCUT2D eigenvalue weighted by molar-refractivity contribution is 14.1. The van der Waals surface area contributed by atoms with Crippen molar-refractivity contribution in [3.8, 4) is 5.75 Å². The highest BCUT2D eigenvalue weighted by Crippen LogP contribution is 2.22. The number of ether oxygens (including phenoxy) is 1. The maximum absolute atomic E-state index is 12.5. The van der Waals surface area contributed by atoms with E-state index in [-0.39, 0.29) is 0 Å². The van der Waals surface area contributed by atoms with Crippen LogP contribution in [0.2, 0.25) is 0 Å². The fourth-order valence-electron chi connectivity index (χ4n) is 2.94. The van der Waals surface area contributed by atoms with Gasteiger partial charge in [-0.3, -0.25) is 4.79 Å². The number of halogens is 1. The predicted molar refractivity (Wildman–Crippen MR) is 126 cm³/mol. The summed E-state index contributed by atoms with van der Waals surface area (Å²) in [7, 11) is 0. The molecule has 0 aliphatic rings. The van der Waals surface area contributed by atoms with E-state index < -0.39 is 11.2 Å². The second-order valence-corrected chi connectivity index (χ2v) is 7.96. The van der Waals surface area contributed by atoms with Crippen molar-refractivity contribution in [2.75, 3.05) is 0 Å². The number of H-pyrrole nitrogens is 1. The maximum Gasteiger partial charge on any atom is 0.349 e. The largest absolute Gasteiger partial charge is 0.488 e. The molecule has 1 aromatic heterocycles. The summed E-state index contributed by atoms with van der Waals surface area (Å²) in [5.41, 5.74) is 2.50. The number of rotatable bonds is 5. The first kappa shape index (κ1) is 20.1. The van der Waals surface area contributed by atoms with E-state index in [0.29, 0.717) is 17.5 Å². The molecular formula is C23H18IN3O3. The Hall–Kier alpha value is -3.20. The second kappa shape index (κ2) is 8.66. The van der Waals surface area contributed by atoms with Crippen LogP contribution in [0, 0.1) is 10.5 Å². The molecule has 0 atom stereocenters. The molecule has 1 N–H and O–H groups in total. The quantitative estimate of drug-likeness (QED) is 0.325. The van der Waals surface area contributed by atoms with E-state index in [0.717, 1.165) is 25.1 Å². The minimum Gasteiger partial charge on any atom is -0.488 e. The molecule has 3 aromatic carbocycles. The average Bonchev–Trinajstić information content (AvgIpc) is 2.74. The van der Waals surface area contributed by atoms with E-state index in [1.165, 1.54) is 11.8 Å². The minimum absolute atomic E-state index is 0.406. The van der Waals surface area contributed by atoms with Crippen molar-refractivity contribution in [1.29, 1.82) is 0 Å². The van der Waals surface area contributed by atoms with Gasteiger partial charge in [0, 0.05) is 0 Å². The topological polar surface area (TPSA) is 76.5 Å². The number of benzene rings is 3. The molecule has 0 unspecified atom stereocenters. The average molecular weight is 511 g/mol. The normalized spacial score (nSPS) is 11.3. The lowest BCUT2D eigenvalue weighted by Crippen LogP contribution is -2.32. The molecular weight excluding hydrogens is 493 g/mol. The third kappa shape index (κ3) is 4.35. The molecule has 0 radical (unpaired) electrons. The van der Waals surface area contributed by atoms with Gasteiger partial charge < -0.3 is 9.72 Å². The summed E-state index contributed by atoms with van der Waals surface area (Å²) in [4.78, 5) is 27.4. The summed E-state index contributed by atoms with van der Waals surface area (Å²) in [5, 5.41) is 4.50. The van der Waals surface area contributed by atoms with Crippen LogP contribution in [0.1, 0.15) is 16.7 Å². The van der Waals surface area contributed by atoms with Crippen LogP contribution in [0.25, 0.3) is 10.9 Å². The molecule has 0 saturated heterocycles. The van der Waals surface area contributed by atoms with E-state index in [9.17, 15) is 9.59 Å². The fraction of sp³-hybridized carbons (Fsp3) is 0.0870. The molecule has 4 aromatic rings. The molecule has 0 bridgehead atoms. The van der Waals surface area contributed by atoms with Gasteiger partial charge in [0.05, 0.1) is 20.7 Å². The lowest BCUT2D eigenvalue weighted by molar-refractivity contribution is 0.304. The molecule has 0 amide bonds. The van der Waals surface area contributed by atoms with Crippen LogP contribution in [0.4, 0.5) is 0 Å². The van der Waals surface area contributed by atoms with Gasteiger partial charge in [-0.15, -0.1) is 4.68 Å². The predicted octanol–water partition coefficient (Wildman–Crippen LogP) is 4.06. The molecule has 30 heavy (non-hydrogen) atoms. The van der Waals surface area contributed by atoms with Gasteiger partial charge in [0.15, 0.2) is 0 Å². The van der Waals surface area contributed by atoms with Crippen LogP contribution in [0.5, 0.6) is 5.75 Å². The molecule has 150 valence electrons. The Bertz CT molecular complexity index is 1350. The first-order chi connectivity index (χ1) is 14.5. The maximum atomic E-state index is 12.5. The van der Waals surface area contributed by atoms with Gasteiger partial charge >= 0.3 is 5.69 Å². The van der Waals surface area contributed by atoms with Crippen molar-refractivity contribution in [3.05, 3.63) is 108 Å². The van der Waals surface area contributed by atoms with E-state index in [2.05, 4.69) is 44.8 Å². The first-order valence-electron chi connectivity index (χ1n) is 9.27. The first-order valence-corrected chi connectivity index (χ1v) is 10.4. The van der Waals surface area contributed by atoms with Crippen LogP contribution in [-0.2, 0) is 6.61 Å². The lowest BCUT2D eigenvalue weighted by atomic mass is 10.2. The Morgan fingerprint density at radius 1 is 1.07 bits per heavy atom. The van der Waals surface area contributed by atoms with Crippen LogP contribution < -0.4 is 16.0 Å². The van der Waals surface area contributed by atoms with E-state index in [1.54, 1.807) is 24.3 Å². The SMILES string of the molecule is Cc1ccc(COc2ccc(C=Nn3c(=O)[nH]c4ccccc4c3=O)cc2I)cc1. The summed E-state index contributed by atoms with van der Waals surface area (Å²) in [6, 6.07) is 20.6. The third-order valence-corrected chi connectivity index (χ3v) is 5.42. The molecule has 0 aliphatic carbocycles. The van der Waals surface area contributed by atoms with Crippen LogP contribution in [0.15, 0.2) is 81.4 Å². The number of hydrogen-bond acceptors (Lipinski definition) is 4. The van der Waals surface area contributed by atoms with Crippen molar-refractivity contribution >= 4 is 39.7 Å². The molecule has 0 saturated carbocycles. The Labute approximate surface area is 186 Å². The third-order valence-electron chi connectivity index (χ3n) is 4.58. The number of fused-ring (bicyclic) bond motifs is 1. The Morgan fingerprint density at radius 2 is 1.83 bits per heavy atom. The van der Waals surface area contributed by atoms with Crippen molar-refractivity contribution < 1.29 is 4.74 Å². The number of nitrogens with zero attached hydrogens (tertiary/aromatic N) is 2. The van der Waals surface area contributed by atoms with Gasteiger partial charge in [0.25, 0.3) is 5.56 Å². The second-order valence-electron chi connectivity index (χ2n) is 6.80. The Kier molecular flexibility index (Phi) is 5.80. The summed E-state index contributed by atoms with van der Waals surface area (Å²) >= 11 is 2.19. The zero-order valence-electron chi connectivity index (χ0n) is 16.1. The van der Waals surface area contributed by atoms with Crippen molar-refractivity contribution in [1.82, 2.24) is 9.66 Å². The fourth-order valence-corrected chi connectivity index (χ4v) is 3.64. The van der Waals surface area contributed by atoms with Crippen molar-refractivity contribution in [3.63, 3.8) is 0 Å². The zero-order chi connectivity index (χ0) is 21.1. The minimum atomic E-state index is -0.581. The molecule has 1 heterocycles. The van der Waals surface area contributed by atoms with Crippen LogP contribution in [0.3, 0.4) is 0 Å². The van der Waals surface area contributed by atoms with Gasteiger partial charge in [-0.05, 0) is 71.0 Å². The number of hydrogen-bond donors (Lipinski definition) is 1. The number of aromatic amines is 1. The molecule has 6 nitrogen and oxygen atoms in total. The van der Waals surface area contributed by atoms with E-state index in [4.69, 9.17) is 4.74 Å². The van der Waals surface area contributed by atoms with E-state index in [1.807, 2.05) is 37.3 Å². The number of nitrogens with one attached hydrogen (secondary N) is 1. The van der Waals surface area contributed by atoms with Gasteiger partial charge in [0.2, 0.25) is 0 Å². The molecule has 0 fully saturated rings. The summed E-state index contributed by atoms with van der Waals surface area (Å²) in [6.45, 7) is 2.53. The van der Waals surface area contributed by atoms with Crippen molar-refractivity contribution in [2.24, 2.45) is 5.10 Å². The monoisotopic (exact) mass is 511 g/mol. The molecule has 0 spiro atoms. The van der Waals surface area contributed by atoms with Gasteiger partial charge in [-0.25, -0.2) is 4.79 Å². The zero-order valence-corrected chi connectivity index (χ0v) is 18.3. The summed E-state index contributed by atoms with van der Waals surface area (Å²) < 4.78 is 7.64. The van der Waals surface area contributed by atoms with Gasteiger partial charge in [-0.1, -0.05) is 42.0 Å². The number of aromatic nitrogens is 2. The Morgan fingerprint density at radius 3 is 2.60 bits per heavy atom. The standard InChI is InChI=1S/C23H18IN3O3/c1-15-6-8-16(9-7-15)14-30-21-11-10-17(12-19(21)24)13-25-27-22(28)18-4-2-3-5-20(18)26-23(27)29/h2-13H,14H2,1H3,(H,26,29). The van der Waals surface area contributed by atoms with Gasteiger partial charge in [0.1, 0.15) is 12.4 Å². The Balaban J connectivity index is 1.54. The number of aryl methyl sites for hydroxylation is 1. The van der Waals surface area contributed by atoms with Crippen LogP contribution >= 0.6 is 22.6 Å². The number of para-hydroxylation sites is 1.